The highest BCUT2D eigenvalue weighted by atomic mass is 16.6. The Hall–Kier alpha value is -5.11. The molecule has 0 saturated heterocycles. The zero-order valence-corrected chi connectivity index (χ0v) is 22.2. The molecule has 0 spiro atoms. The molecular weight excluding hydrogens is 498 g/mol. The molecule has 0 amide bonds. The summed E-state index contributed by atoms with van der Waals surface area (Å²) in [6.07, 6.45) is 0. The van der Waals surface area contributed by atoms with Gasteiger partial charge in [0.25, 0.3) is 0 Å². The Morgan fingerprint density at radius 2 is 1.85 bits per heavy atom. The van der Waals surface area contributed by atoms with E-state index >= 15 is 0 Å². The lowest BCUT2D eigenvalue weighted by molar-refractivity contribution is -0.386. The first-order valence-corrected chi connectivity index (χ1v) is 12.2. The predicted molar refractivity (Wildman–Crippen MR) is 143 cm³/mol. The summed E-state index contributed by atoms with van der Waals surface area (Å²) in [4.78, 5) is 11.1. The van der Waals surface area contributed by atoms with Crippen LogP contribution in [0.5, 0.6) is 11.6 Å². The average Bonchev–Trinajstić information content (AvgIpc) is 3.38. The van der Waals surface area contributed by atoms with Crippen LogP contribution >= 0.6 is 0 Å². The lowest BCUT2D eigenvalue weighted by Crippen LogP contribution is -2.22. The molecule has 0 fully saturated rings. The molecule has 1 aliphatic heterocycles. The van der Waals surface area contributed by atoms with Crippen molar-refractivity contribution in [2.45, 2.75) is 40.2 Å². The summed E-state index contributed by atoms with van der Waals surface area (Å²) in [5, 5.41) is 30.7. The number of benzene rings is 2. The van der Waals surface area contributed by atoms with Crippen molar-refractivity contribution in [3.8, 4) is 23.4 Å². The maximum atomic E-state index is 11.5. The number of nitrogens with zero attached hydrogens (tertiary/aromatic N) is 6. The summed E-state index contributed by atoms with van der Waals surface area (Å²) in [6.45, 7) is 7.39. The summed E-state index contributed by atoms with van der Waals surface area (Å²) in [6, 6.07) is 15.7. The number of methoxy groups -OCH3 is 1. The van der Waals surface area contributed by atoms with Gasteiger partial charge in [-0.2, -0.15) is 15.5 Å². The second-order valence-corrected chi connectivity index (χ2v) is 9.48. The minimum absolute atomic E-state index is 0.00907. The number of fused-ring (bicyclic) bond motifs is 1. The molecule has 39 heavy (non-hydrogen) atoms. The molecule has 2 N–H and O–H groups in total. The molecule has 11 nitrogen and oxygen atoms in total. The van der Waals surface area contributed by atoms with Gasteiger partial charge in [0.05, 0.1) is 41.4 Å². The average molecular weight is 526 g/mol. The quantitative estimate of drug-likeness (QED) is 0.286. The fourth-order valence-corrected chi connectivity index (χ4v) is 5.08. The van der Waals surface area contributed by atoms with Gasteiger partial charge in [-0.1, -0.05) is 23.8 Å². The Morgan fingerprint density at radius 1 is 1.13 bits per heavy atom. The Labute approximate surface area is 224 Å². The van der Waals surface area contributed by atoms with E-state index in [0.717, 1.165) is 27.9 Å². The van der Waals surface area contributed by atoms with E-state index in [1.54, 1.807) is 30.3 Å². The van der Waals surface area contributed by atoms with Gasteiger partial charge in [0.1, 0.15) is 28.8 Å². The number of ether oxygens (including phenoxy) is 2. The van der Waals surface area contributed by atoms with Crippen LogP contribution in [0.2, 0.25) is 0 Å². The van der Waals surface area contributed by atoms with Crippen LogP contribution in [0, 0.1) is 49.1 Å². The zero-order valence-electron chi connectivity index (χ0n) is 22.2. The predicted octanol–water partition coefficient (Wildman–Crippen LogP) is 4.49. The Bertz CT molecular complexity index is 1690. The Kier molecular flexibility index (Phi) is 6.32. The number of hydrogen-bond donors (Lipinski definition) is 1. The van der Waals surface area contributed by atoms with E-state index in [1.807, 2.05) is 56.3 Å². The van der Waals surface area contributed by atoms with Crippen LogP contribution in [0.3, 0.4) is 0 Å². The molecule has 2 aromatic carbocycles. The lowest BCUT2D eigenvalue weighted by Gasteiger charge is -2.25. The number of nitro groups is 1. The van der Waals surface area contributed by atoms with Gasteiger partial charge in [-0.25, -0.2) is 4.68 Å². The van der Waals surface area contributed by atoms with E-state index in [9.17, 15) is 15.4 Å². The number of nitriles is 1. The fourth-order valence-electron chi connectivity index (χ4n) is 5.08. The topological polar surface area (TPSA) is 147 Å². The van der Waals surface area contributed by atoms with E-state index in [0.29, 0.717) is 28.7 Å². The van der Waals surface area contributed by atoms with Crippen molar-refractivity contribution in [2.75, 3.05) is 7.11 Å². The van der Waals surface area contributed by atoms with E-state index in [-0.39, 0.29) is 23.7 Å². The zero-order chi connectivity index (χ0) is 28.0. The summed E-state index contributed by atoms with van der Waals surface area (Å²) in [7, 11) is 1.56. The van der Waals surface area contributed by atoms with Crippen LogP contribution in [0.1, 0.15) is 45.3 Å². The van der Waals surface area contributed by atoms with Crippen molar-refractivity contribution >= 4 is 5.69 Å². The van der Waals surface area contributed by atoms with Crippen LogP contribution in [0.4, 0.5) is 5.69 Å². The molecule has 1 unspecified atom stereocenters. The first kappa shape index (κ1) is 25.5. The molecule has 1 aliphatic rings. The summed E-state index contributed by atoms with van der Waals surface area (Å²) in [5.74, 6) is 0.500. The van der Waals surface area contributed by atoms with Gasteiger partial charge in [-0.15, -0.1) is 0 Å². The number of aromatic nitrogens is 4. The second-order valence-electron chi connectivity index (χ2n) is 9.48. The number of rotatable bonds is 6. The second kappa shape index (κ2) is 9.64. The van der Waals surface area contributed by atoms with Crippen LogP contribution in [-0.2, 0) is 6.54 Å². The van der Waals surface area contributed by atoms with Crippen LogP contribution < -0.4 is 15.2 Å². The summed E-state index contributed by atoms with van der Waals surface area (Å²) < 4.78 is 14.9. The SMILES string of the molecule is COc1ccc(C2C(C#N)=C(N)Oc3c2c(C)nn3-c2ccc(C)cc2)cc1Cn1nc(C)c([N+](=O)[O-])c1C. The van der Waals surface area contributed by atoms with Crippen molar-refractivity contribution < 1.29 is 14.4 Å². The smallest absolute Gasteiger partial charge is 0.312 e. The summed E-state index contributed by atoms with van der Waals surface area (Å²) >= 11 is 0. The maximum absolute atomic E-state index is 11.5. The normalized spacial score (nSPS) is 14.5. The van der Waals surface area contributed by atoms with Crippen molar-refractivity contribution in [1.29, 1.82) is 5.26 Å². The summed E-state index contributed by atoms with van der Waals surface area (Å²) in [5.41, 5.74) is 12.2. The van der Waals surface area contributed by atoms with Crippen molar-refractivity contribution in [3.05, 3.63) is 103 Å². The minimum atomic E-state index is -0.544. The van der Waals surface area contributed by atoms with Gasteiger partial charge in [-0.05, 0) is 57.5 Å². The van der Waals surface area contributed by atoms with Crippen molar-refractivity contribution in [2.24, 2.45) is 5.73 Å². The van der Waals surface area contributed by atoms with Gasteiger partial charge in [0.2, 0.25) is 11.8 Å². The van der Waals surface area contributed by atoms with Gasteiger partial charge < -0.3 is 15.2 Å². The molecule has 11 heteroatoms. The number of aryl methyl sites for hydroxylation is 3. The third-order valence-electron chi connectivity index (χ3n) is 6.99. The number of hydrogen-bond acceptors (Lipinski definition) is 8. The third-order valence-corrected chi connectivity index (χ3v) is 6.99. The molecule has 0 bridgehead atoms. The Balaban J connectivity index is 1.65. The maximum Gasteiger partial charge on any atom is 0.312 e. The van der Waals surface area contributed by atoms with Gasteiger partial charge in [-0.3, -0.25) is 14.8 Å². The van der Waals surface area contributed by atoms with Crippen molar-refractivity contribution in [3.63, 3.8) is 0 Å². The van der Waals surface area contributed by atoms with Gasteiger partial charge in [0.15, 0.2) is 0 Å². The first-order chi connectivity index (χ1) is 18.6. The number of allylic oxidation sites excluding steroid dienone is 1. The van der Waals surface area contributed by atoms with Crippen molar-refractivity contribution in [1.82, 2.24) is 19.6 Å². The van der Waals surface area contributed by atoms with E-state index in [1.165, 1.54) is 0 Å². The van der Waals surface area contributed by atoms with Crippen LogP contribution in [0.15, 0.2) is 53.9 Å². The van der Waals surface area contributed by atoms with E-state index < -0.39 is 10.8 Å². The molecule has 198 valence electrons. The standard InChI is InChI=1S/C28H27N7O4/c1-15-6-9-21(10-7-15)34-28-24(16(2)32-34)25(22(13-29)27(30)39-28)19-8-11-23(38-5)20(12-19)14-33-18(4)26(35(36)37)17(3)31-33/h6-12,25H,14,30H2,1-5H3. The van der Waals surface area contributed by atoms with Crippen LogP contribution in [-0.4, -0.2) is 31.6 Å². The fraction of sp³-hybridized carbons (Fsp3) is 0.250. The van der Waals surface area contributed by atoms with Gasteiger partial charge >= 0.3 is 5.69 Å². The Morgan fingerprint density at radius 3 is 2.46 bits per heavy atom. The highest BCUT2D eigenvalue weighted by molar-refractivity contribution is 5.58. The largest absolute Gasteiger partial charge is 0.496 e. The molecule has 3 heterocycles. The molecular formula is C28H27N7O4. The first-order valence-electron chi connectivity index (χ1n) is 12.2. The van der Waals surface area contributed by atoms with E-state index in [2.05, 4.69) is 11.2 Å². The van der Waals surface area contributed by atoms with Gasteiger partial charge in [0, 0.05) is 5.56 Å². The van der Waals surface area contributed by atoms with Crippen LogP contribution in [0.25, 0.3) is 5.69 Å². The number of nitrogens with two attached hydrogens (primary N) is 1. The molecule has 0 saturated carbocycles. The van der Waals surface area contributed by atoms with E-state index in [4.69, 9.17) is 20.3 Å². The minimum Gasteiger partial charge on any atom is -0.496 e. The molecule has 2 aromatic heterocycles. The molecule has 4 aromatic rings. The monoisotopic (exact) mass is 525 g/mol. The molecule has 0 radical (unpaired) electrons. The lowest BCUT2D eigenvalue weighted by atomic mass is 9.83. The molecule has 0 aliphatic carbocycles. The molecule has 5 rings (SSSR count). The highest BCUT2D eigenvalue weighted by Crippen LogP contribution is 2.45. The molecule has 1 atom stereocenters. The highest BCUT2D eigenvalue weighted by Gasteiger charge is 2.36. The third kappa shape index (κ3) is 4.25.